The number of anilines is 1. The van der Waals surface area contributed by atoms with Gasteiger partial charge in [0.1, 0.15) is 11.9 Å². The number of carbonyl (C=O) groups excluding carboxylic acids is 1. The molecule has 0 heterocycles. The lowest BCUT2D eigenvalue weighted by Crippen LogP contribution is -2.36. The summed E-state index contributed by atoms with van der Waals surface area (Å²) in [6, 6.07) is 15.1. The fraction of sp³-hybridized carbons (Fsp3) is 0.222. The number of nitrogens with zero attached hydrogens (tertiary/aromatic N) is 1. The molecule has 0 saturated carbocycles. The van der Waals surface area contributed by atoms with Crippen molar-refractivity contribution in [2.24, 2.45) is 0 Å². The predicted molar refractivity (Wildman–Crippen MR) is 87.5 cm³/mol. The van der Waals surface area contributed by atoms with Crippen LogP contribution in [0.5, 0.6) is 0 Å². The second-order valence-corrected chi connectivity index (χ2v) is 5.33. The van der Waals surface area contributed by atoms with Gasteiger partial charge in [-0.3, -0.25) is 0 Å². The van der Waals surface area contributed by atoms with E-state index >= 15 is 0 Å². The van der Waals surface area contributed by atoms with E-state index in [1.165, 1.54) is 17.7 Å². The lowest BCUT2D eigenvalue weighted by molar-refractivity contribution is 0.248. The number of amides is 2. The van der Waals surface area contributed by atoms with Crippen LogP contribution in [0, 0.1) is 17.1 Å². The molecule has 118 valence electrons. The van der Waals surface area contributed by atoms with E-state index in [9.17, 15) is 9.18 Å². The summed E-state index contributed by atoms with van der Waals surface area (Å²) in [5.41, 5.74) is 1.60. The molecule has 0 fully saturated rings. The van der Waals surface area contributed by atoms with Gasteiger partial charge in [0, 0.05) is 6.04 Å². The molecule has 0 bridgehead atoms. The Labute approximate surface area is 134 Å². The van der Waals surface area contributed by atoms with Crippen LogP contribution >= 0.6 is 0 Å². The van der Waals surface area contributed by atoms with Gasteiger partial charge in [-0.25, -0.2) is 9.18 Å². The number of halogens is 1. The standard InChI is InChI=1S/C18H18FN3O/c1-13(7-8-14-5-3-2-4-6-14)21-18(23)22-17-10-9-16(19)11-15(17)12-20/h2-6,9-11,13H,7-8H2,1H3,(H2,21,22,23). The second-order valence-electron chi connectivity index (χ2n) is 5.33. The van der Waals surface area contributed by atoms with Gasteiger partial charge < -0.3 is 10.6 Å². The van der Waals surface area contributed by atoms with Crippen LogP contribution < -0.4 is 10.6 Å². The fourth-order valence-corrected chi connectivity index (χ4v) is 2.20. The van der Waals surface area contributed by atoms with E-state index in [0.717, 1.165) is 18.9 Å². The normalized spacial score (nSPS) is 11.3. The topological polar surface area (TPSA) is 64.9 Å². The van der Waals surface area contributed by atoms with Crippen LogP contribution in [0.25, 0.3) is 0 Å². The number of hydrogen-bond donors (Lipinski definition) is 2. The monoisotopic (exact) mass is 311 g/mol. The van der Waals surface area contributed by atoms with Gasteiger partial charge in [-0.1, -0.05) is 30.3 Å². The maximum Gasteiger partial charge on any atom is 0.319 e. The van der Waals surface area contributed by atoms with Crippen LogP contribution in [-0.2, 0) is 6.42 Å². The minimum atomic E-state index is -0.510. The van der Waals surface area contributed by atoms with E-state index in [2.05, 4.69) is 10.6 Å². The quantitative estimate of drug-likeness (QED) is 0.881. The molecule has 0 aliphatic rings. The zero-order chi connectivity index (χ0) is 16.7. The smallest absolute Gasteiger partial charge is 0.319 e. The molecule has 23 heavy (non-hydrogen) atoms. The SMILES string of the molecule is CC(CCc1ccccc1)NC(=O)Nc1ccc(F)cc1C#N. The molecule has 1 atom stereocenters. The average Bonchev–Trinajstić information content (AvgIpc) is 2.55. The van der Waals surface area contributed by atoms with Crippen LogP contribution in [-0.4, -0.2) is 12.1 Å². The highest BCUT2D eigenvalue weighted by molar-refractivity contribution is 5.90. The second kappa shape index (κ2) is 7.95. The lowest BCUT2D eigenvalue weighted by atomic mass is 10.1. The molecule has 2 amide bonds. The first kappa shape index (κ1) is 16.5. The molecule has 2 aromatic rings. The largest absolute Gasteiger partial charge is 0.335 e. The Balaban J connectivity index is 1.86. The summed E-state index contributed by atoms with van der Waals surface area (Å²) in [4.78, 5) is 12.0. The van der Waals surface area contributed by atoms with Crippen molar-refractivity contribution < 1.29 is 9.18 Å². The van der Waals surface area contributed by atoms with Gasteiger partial charge in [0.15, 0.2) is 0 Å². The van der Waals surface area contributed by atoms with Crippen LogP contribution in [0.2, 0.25) is 0 Å². The van der Waals surface area contributed by atoms with Gasteiger partial charge >= 0.3 is 6.03 Å². The molecule has 5 heteroatoms. The third-order valence-electron chi connectivity index (χ3n) is 3.44. The maximum atomic E-state index is 13.1. The first-order valence-electron chi connectivity index (χ1n) is 7.39. The number of aryl methyl sites for hydroxylation is 1. The summed E-state index contributed by atoms with van der Waals surface area (Å²) in [6.45, 7) is 1.92. The molecule has 0 aliphatic carbocycles. The molecule has 0 saturated heterocycles. The highest BCUT2D eigenvalue weighted by Crippen LogP contribution is 2.15. The van der Waals surface area contributed by atoms with Crippen LogP contribution in [0.1, 0.15) is 24.5 Å². The average molecular weight is 311 g/mol. The van der Waals surface area contributed by atoms with Gasteiger partial charge in [-0.2, -0.15) is 5.26 Å². The molecule has 0 spiro atoms. The van der Waals surface area contributed by atoms with E-state index in [0.29, 0.717) is 5.69 Å². The molecular weight excluding hydrogens is 293 g/mol. The van der Waals surface area contributed by atoms with Crippen molar-refractivity contribution in [2.45, 2.75) is 25.8 Å². The van der Waals surface area contributed by atoms with Gasteiger partial charge in [-0.15, -0.1) is 0 Å². The minimum Gasteiger partial charge on any atom is -0.335 e. The van der Waals surface area contributed by atoms with Gasteiger partial charge in [-0.05, 0) is 43.5 Å². The fourth-order valence-electron chi connectivity index (χ4n) is 2.20. The summed E-state index contributed by atoms with van der Waals surface area (Å²) in [6.07, 6.45) is 1.66. The summed E-state index contributed by atoms with van der Waals surface area (Å²) >= 11 is 0. The summed E-state index contributed by atoms with van der Waals surface area (Å²) in [5, 5.41) is 14.3. The maximum absolute atomic E-state index is 13.1. The zero-order valence-electron chi connectivity index (χ0n) is 12.8. The third kappa shape index (κ3) is 5.11. The number of carbonyl (C=O) groups is 1. The van der Waals surface area contributed by atoms with Crippen molar-refractivity contribution in [2.75, 3.05) is 5.32 Å². The zero-order valence-corrected chi connectivity index (χ0v) is 12.8. The number of rotatable bonds is 5. The van der Waals surface area contributed by atoms with Crippen molar-refractivity contribution >= 4 is 11.7 Å². The molecule has 1 unspecified atom stereocenters. The molecule has 0 radical (unpaired) electrons. The number of urea groups is 1. The molecular formula is C18H18FN3O. The Morgan fingerprint density at radius 2 is 2.00 bits per heavy atom. The summed E-state index contributed by atoms with van der Waals surface area (Å²) in [7, 11) is 0. The van der Waals surface area contributed by atoms with Crippen LogP contribution in [0.3, 0.4) is 0 Å². The van der Waals surface area contributed by atoms with Gasteiger partial charge in [0.2, 0.25) is 0 Å². The van der Waals surface area contributed by atoms with E-state index in [4.69, 9.17) is 5.26 Å². The summed E-state index contributed by atoms with van der Waals surface area (Å²) in [5.74, 6) is -0.510. The van der Waals surface area contributed by atoms with Crippen molar-refractivity contribution in [3.8, 4) is 6.07 Å². The summed E-state index contributed by atoms with van der Waals surface area (Å²) < 4.78 is 13.1. The number of nitriles is 1. The first-order chi connectivity index (χ1) is 11.1. The number of benzene rings is 2. The highest BCUT2D eigenvalue weighted by atomic mass is 19.1. The Morgan fingerprint density at radius 3 is 2.70 bits per heavy atom. The van der Waals surface area contributed by atoms with Gasteiger partial charge in [0.25, 0.3) is 0 Å². The Morgan fingerprint density at radius 1 is 1.26 bits per heavy atom. The van der Waals surface area contributed by atoms with Crippen LogP contribution in [0.15, 0.2) is 48.5 Å². The predicted octanol–water partition coefficient (Wildman–Crippen LogP) is 3.84. The minimum absolute atomic E-state index is 0.0267. The highest BCUT2D eigenvalue weighted by Gasteiger charge is 2.10. The molecule has 0 aromatic heterocycles. The van der Waals surface area contributed by atoms with Crippen molar-refractivity contribution in [3.63, 3.8) is 0 Å². The number of nitrogens with one attached hydrogen (secondary N) is 2. The lowest BCUT2D eigenvalue weighted by Gasteiger charge is -2.15. The Bertz CT molecular complexity index is 710. The molecule has 2 aromatic carbocycles. The Kier molecular flexibility index (Phi) is 5.70. The first-order valence-corrected chi connectivity index (χ1v) is 7.39. The Hall–Kier alpha value is -2.87. The van der Waals surface area contributed by atoms with Crippen molar-refractivity contribution in [1.29, 1.82) is 5.26 Å². The van der Waals surface area contributed by atoms with E-state index in [-0.39, 0.29) is 11.6 Å². The molecule has 2 N–H and O–H groups in total. The molecule has 0 aliphatic heterocycles. The van der Waals surface area contributed by atoms with Crippen LogP contribution in [0.4, 0.5) is 14.9 Å². The number of hydrogen-bond acceptors (Lipinski definition) is 2. The van der Waals surface area contributed by atoms with E-state index in [1.807, 2.05) is 43.3 Å². The van der Waals surface area contributed by atoms with Crippen molar-refractivity contribution in [1.82, 2.24) is 5.32 Å². The molecule has 4 nitrogen and oxygen atoms in total. The molecule has 2 rings (SSSR count). The van der Waals surface area contributed by atoms with E-state index in [1.54, 1.807) is 0 Å². The van der Waals surface area contributed by atoms with Gasteiger partial charge in [0.05, 0.1) is 11.3 Å². The van der Waals surface area contributed by atoms with Crippen molar-refractivity contribution in [3.05, 3.63) is 65.5 Å². The van der Waals surface area contributed by atoms with E-state index < -0.39 is 11.8 Å². The third-order valence-corrected chi connectivity index (χ3v) is 3.44.